The minimum absolute atomic E-state index is 0.00257. The van der Waals surface area contributed by atoms with E-state index in [0.29, 0.717) is 11.1 Å². The van der Waals surface area contributed by atoms with Crippen molar-refractivity contribution < 1.29 is 38.1 Å². The van der Waals surface area contributed by atoms with Gasteiger partial charge >= 0.3 is 23.9 Å². The molecule has 1 fully saturated rings. The molecule has 0 heterocycles. The van der Waals surface area contributed by atoms with Gasteiger partial charge in [-0.25, -0.2) is 14.4 Å². The summed E-state index contributed by atoms with van der Waals surface area (Å²) in [6.45, 7) is 9.10. The predicted molar refractivity (Wildman–Crippen MR) is 159 cm³/mol. The number of fused-ring (bicyclic) bond motifs is 3. The molecule has 0 saturated heterocycles. The van der Waals surface area contributed by atoms with Crippen molar-refractivity contribution in [1.82, 2.24) is 0 Å². The molecule has 43 heavy (non-hydrogen) atoms. The molecule has 2 aliphatic rings. The molecular weight excluding hydrogens is 548 g/mol. The average molecular weight is 581 g/mol. The van der Waals surface area contributed by atoms with Crippen molar-refractivity contribution in [3.63, 3.8) is 0 Å². The van der Waals surface area contributed by atoms with Gasteiger partial charge in [0.15, 0.2) is 0 Å². The Balaban J connectivity index is 1.17. The minimum atomic E-state index is -0.733. The standard InChI is InChI=1S/C35H32O8/c1-4-40-34(38)23-10-16-28-29-17-11-24(20-31(29)22(3)30(28)19-23)35(39)43-27-14-12-26(13-15-27)42-33(37)21(2)18-32(36)41-25-8-6-5-7-9-25/h4,10-17,19-20,22,25H,1-2,5-9,18H2,3H3. The fraction of sp³-hybridized carbons (Fsp3) is 0.257. The molecular formula is C35H32O8. The smallest absolute Gasteiger partial charge is 0.343 e. The van der Waals surface area contributed by atoms with E-state index in [4.69, 9.17) is 18.9 Å². The summed E-state index contributed by atoms with van der Waals surface area (Å²) in [7, 11) is 0. The molecule has 8 nitrogen and oxygen atoms in total. The van der Waals surface area contributed by atoms with E-state index in [1.165, 1.54) is 24.3 Å². The quantitative estimate of drug-likeness (QED) is 0.115. The zero-order chi connectivity index (χ0) is 30.5. The Morgan fingerprint density at radius 3 is 1.93 bits per heavy atom. The Morgan fingerprint density at radius 2 is 1.35 bits per heavy atom. The van der Waals surface area contributed by atoms with Crippen molar-refractivity contribution in [2.75, 3.05) is 0 Å². The molecule has 0 spiro atoms. The van der Waals surface area contributed by atoms with Gasteiger partial charge in [0.1, 0.15) is 17.6 Å². The lowest BCUT2D eigenvalue weighted by molar-refractivity contribution is -0.150. The first-order valence-corrected chi connectivity index (χ1v) is 14.3. The van der Waals surface area contributed by atoms with E-state index >= 15 is 0 Å². The highest BCUT2D eigenvalue weighted by Gasteiger charge is 2.28. The van der Waals surface area contributed by atoms with Crippen molar-refractivity contribution >= 4 is 23.9 Å². The van der Waals surface area contributed by atoms with Gasteiger partial charge in [-0.1, -0.05) is 38.6 Å². The number of carbonyl (C=O) groups is 4. The number of esters is 4. The molecule has 0 radical (unpaired) electrons. The van der Waals surface area contributed by atoms with Gasteiger partial charge in [-0.15, -0.1) is 0 Å². The molecule has 8 heteroatoms. The summed E-state index contributed by atoms with van der Waals surface area (Å²) in [6.07, 6.45) is 5.66. The molecule has 220 valence electrons. The van der Waals surface area contributed by atoms with Crippen molar-refractivity contribution in [3.8, 4) is 22.6 Å². The van der Waals surface area contributed by atoms with Crippen LogP contribution in [-0.2, 0) is 19.1 Å². The van der Waals surface area contributed by atoms with Gasteiger partial charge in [0.2, 0.25) is 0 Å². The van der Waals surface area contributed by atoms with E-state index in [1.807, 2.05) is 19.1 Å². The summed E-state index contributed by atoms with van der Waals surface area (Å²) in [5.41, 5.74) is 4.68. The van der Waals surface area contributed by atoms with Crippen molar-refractivity contribution in [1.29, 1.82) is 0 Å². The number of carbonyl (C=O) groups excluding carboxylic acids is 4. The molecule has 0 N–H and O–H groups in total. The molecule has 1 atom stereocenters. The second-order valence-electron chi connectivity index (χ2n) is 10.7. The number of hydrogen-bond donors (Lipinski definition) is 0. The molecule has 1 unspecified atom stereocenters. The number of rotatable bonds is 9. The first kappa shape index (κ1) is 29.5. The molecule has 5 rings (SSSR count). The lowest BCUT2D eigenvalue weighted by atomic mass is 9.97. The Hall–Kier alpha value is -4.98. The topological polar surface area (TPSA) is 105 Å². The second-order valence-corrected chi connectivity index (χ2v) is 10.7. The van der Waals surface area contributed by atoms with Crippen LogP contribution in [0.2, 0.25) is 0 Å². The zero-order valence-electron chi connectivity index (χ0n) is 23.9. The van der Waals surface area contributed by atoms with Gasteiger partial charge in [-0.3, -0.25) is 4.79 Å². The van der Waals surface area contributed by atoms with E-state index < -0.39 is 23.9 Å². The van der Waals surface area contributed by atoms with Crippen molar-refractivity contribution in [3.05, 3.63) is 108 Å². The number of ether oxygens (including phenoxy) is 4. The Labute approximate surface area is 249 Å². The molecule has 2 aliphatic carbocycles. The van der Waals surface area contributed by atoms with Crippen LogP contribution in [0.3, 0.4) is 0 Å². The van der Waals surface area contributed by atoms with Crippen LogP contribution in [0.25, 0.3) is 11.1 Å². The average Bonchev–Trinajstić information content (AvgIpc) is 3.29. The third-order valence-electron chi connectivity index (χ3n) is 7.73. The second kappa shape index (κ2) is 12.9. The van der Waals surface area contributed by atoms with Crippen LogP contribution in [0.15, 0.2) is 85.7 Å². The third-order valence-corrected chi connectivity index (χ3v) is 7.73. The maximum absolute atomic E-state index is 13.0. The summed E-state index contributed by atoms with van der Waals surface area (Å²) >= 11 is 0. The Bertz CT molecular complexity index is 1590. The summed E-state index contributed by atoms with van der Waals surface area (Å²) in [6, 6.07) is 16.8. The van der Waals surface area contributed by atoms with Crippen LogP contribution >= 0.6 is 0 Å². The summed E-state index contributed by atoms with van der Waals surface area (Å²) in [4.78, 5) is 49.7. The molecule has 0 bridgehead atoms. The van der Waals surface area contributed by atoms with Crippen LogP contribution < -0.4 is 9.47 Å². The van der Waals surface area contributed by atoms with E-state index in [1.54, 1.807) is 24.3 Å². The molecule has 0 aromatic heterocycles. The summed E-state index contributed by atoms with van der Waals surface area (Å²) in [5.74, 6) is -1.82. The number of hydrogen-bond acceptors (Lipinski definition) is 8. The number of benzene rings is 3. The normalized spacial score (nSPS) is 15.4. The van der Waals surface area contributed by atoms with Crippen LogP contribution in [0.4, 0.5) is 0 Å². The van der Waals surface area contributed by atoms with E-state index in [-0.39, 0.29) is 35.5 Å². The van der Waals surface area contributed by atoms with Crippen molar-refractivity contribution in [2.45, 2.75) is 57.5 Å². The molecule has 3 aromatic rings. The van der Waals surface area contributed by atoms with Gasteiger partial charge in [0.05, 0.1) is 23.8 Å². The highest BCUT2D eigenvalue weighted by Crippen LogP contribution is 2.45. The van der Waals surface area contributed by atoms with Crippen LogP contribution in [0.1, 0.15) is 83.2 Å². The van der Waals surface area contributed by atoms with E-state index in [9.17, 15) is 19.2 Å². The molecule has 0 amide bonds. The van der Waals surface area contributed by atoms with Gasteiger partial charge in [-0.05, 0) is 96.5 Å². The van der Waals surface area contributed by atoms with E-state index in [2.05, 4.69) is 13.2 Å². The molecule has 1 saturated carbocycles. The predicted octanol–water partition coefficient (Wildman–Crippen LogP) is 7.07. The monoisotopic (exact) mass is 580 g/mol. The fourth-order valence-corrected chi connectivity index (χ4v) is 5.48. The van der Waals surface area contributed by atoms with Gasteiger partial charge in [-0.2, -0.15) is 0 Å². The molecule has 0 aliphatic heterocycles. The van der Waals surface area contributed by atoms with Crippen LogP contribution in [0.5, 0.6) is 11.5 Å². The van der Waals surface area contributed by atoms with Crippen LogP contribution in [0, 0.1) is 0 Å². The Kier molecular flexibility index (Phi) is 8.85. The largest absolute Gasteiger partial charge is 0.462 e. The fourth-order valence-electron chi connectivity index (χ4n) is 5.48. The molecule has 3 aromatic carbocycles. The van der Waals surface area contributed by atoms with Gasteiger partial charge in [0.25, 0.3) is 0 Å². The first-order chi connectivity index (χ1) is 20.7. The van der Waals surface area contributed by atoms with Gasteiger partial charge in [0, 0.05) is 11.5 Å². The Morgan fingerprint density at radius 1 is 0.791 bits per heavy atom. The highest BCUT2D eigenvalue weighted by molar-refractivity contribution is 5.96. The third kappa shape index (κ3) is 6.75. The van der Waals surface area contributed by atoms with E-state index in [0.717, 1.165) is 60.6 Å². The lowest BCUT2D eigenvalue weighted by Gasteiger charge is -2.21. The SMILES string of the molecule is C=COC(=O)c1ccc2c(c1)C(C)c1cc(C(=O)Oc3ccc(OC(=O)C(=C)CC(=O)OC4CCCCC4)cc3)ccc1-2. The first-order valence-electron chi connectivity index (χ1n) is 14.3. The summed E-state index contributed by atoms with van der Waals surface area (Å²) < 4.78 is 21.2. The zero-order valence-corrected chi connectivity index (χ0v) is 23.9. The van der Waals surface area contributed by atoms with Crippen molar-refractivity contribution in [2.24, 2.45) is 0 Å². The van der Waals surface area contributed by atoms with Gasteiger partial charge < -0.3 is 18.9 Å². The summed E-state index contributed by atoms with van der Waals surface area (Å²) in [5, 5.41) is 0. The highest BCUT2D eigenvalue weighted by atomic mass is 16.6. The van der Waals surface area contributed by atoms with Crippen LogP contribution in [-0.4, -0.2) is 30.0 Å². The lowest BCUT2D eigenvalue weighted by Crippen LogP contribution is -2.22. The maximum atomic E-state index is 13.0. The minimum Gasteiger partial charge on any atom is -0.462 e. The maximum Gasteiger partial charge on any atom is 0.343 e.